The van der Waals surface area contributed by atoms with E-state index in [2.05, 4.69) is 11.8 Å². The molecular formula is C19H25FN4O. The predicted molar refractivity (Wildman–Crippen MR) is 97.6 cm³/mol. The number of rotatable bonds is 5. The third-order valence-corrected chi connectivity index (χ3v) is 4.69. The maximum atomic E-state index is 13.3. The smallest absolute Gasteiger partial charge is 0.259 e. The lowest BCUT2D eigenvalue weighted by atomic mass is 10.2. The number of unbranched alkanes of at least 4 members (excludes halogenated alkanes) is 1. The van der Waals surface area contributed by atoms with Gasteiger partial charge in [0.15, 0.2) is 0 Å². The monoisotopic (exact) mass is 344 g/mol. The molecule has 25 heavy (non-hydrogen) atoms. The Kier molecular flexibility index (Phi) is 5.18. The van der Waals surface area contributed by atoms with Crippen LogP contribution in [-0.2, 0) is 13.1 Å². The Bertz CT molecular complexity index is 800. The Morgan fingerprint density at radius 2 is 1.88 bits per heavy atom. The average molecular weight is 344 g/mol. The number of aryl methyl sites for hydroxylation is 1. The molecule has 1 aromatic heterocycles. The molecule has 0 amide bonds. The fraction of sp³-hybridized carbons (Fsp3) is 0.474. The van der Waals surface area contributed by atoms with Crippen LogP contribution in [0, 0.1) is 12.7 Å². The van der Waals surface area contributed by atoms with Crippen LogP contribution in [-0.4, -0.2) is 27.7 Å². The third-order valence-electron chi connectivity index (χ3n) is 4.69. The standard InChI is InChI=1S/C19H25FN4O/c1-4-6-11-22-12-23(16-9-7-15(20)8-10-16)19-21-14(3)17(5-2)18(25)24(19)13-22/h7-10H,4-6,11-13H2,1-3H3. The lowest BCUT2D eigenvalue weighted by molar-refractivity contribution is 0.195. The van der Waals surface area contributed by atoms with E-state index in [-0.39, 0.29) is 11.4 Å². The Balaban J connectivity index is 2.09. The van der Waals surface area contributed by atoms with Gasteiger partial charge >= 0.3 is 0 Å². The van der Waals surface area contributed by atoms with E-state index in [1.807, 2.05) is 18.7 Å². The van der Waals surface area contributed by atoms with Crippen LogP contribution in [0.2, 0.25) is 0 Å². The van der Waals surface area contributed by atoms with E-state index in [4.69, 9.17) is 4.98 Å². The predicted octanol–water partition coefficient (Wildman–Crippen LogP) is 3.42. The zero-order valence-corrected chi connectivity index (χ0v) is 15.1. The quantitative estimate of drug-likeness (QED) is 0.833. The molecule has 1 aliphatic rings. The summed E-state index contributed by atoms with van der Waals surface area (Å²) >= 11 is 0. The molecule has 1 aliphatic heterocycles. The molecule has 0 N–H and O–H groups in total. The molecule has 2 heterocycles. The van der Waals surface area contributed by atoms with Crippen LogP contribution in [0.15, 0.2) is 29.1 Å². The number of nitrogens with zero attached hydrogens (tertiary/aromatic N) is 4. The van der Waals surface area contributed by atoms with E-state index in [9.17, 15) is 9.18 Å². The highest BCUT2D eigenvalue weighted by molar-refractivity contribution is 5.58. The van der Waals surface area contributed by atoms with E-state index < -0.39 is 0 Å². The largest absolute Gasteiger partial charge is 0.298 e. The van der Waals surface area contributed by atoms with Crippen LogP contribution < -0.4 is 10.5 Å². The molecule has 0 saturated heterocycles. The Morgan fingerprint density at radius 3 is 2.52 bits per heavy atom. The van der Waals surface area contributed by atoms with Gasteiger partial charge in [-0.1, -0.05) is 20.3 Å². The highest BCUT2D eigenvalue weighted by atomic mass is 19.1. The summed E-state index contributed by atoms with van der Waals surface area (Å²) in [6, 6.07) is 6.35. The zero-order valence-electron chi connectivity index (χ0n) is 15.1. The van der Waals surface area contributed by atoms with Gasteiger partial charge in [0.25, 0.3) is 5.56 Å². The normalized spacial score (nSPS) is 14.6. The molecule has 0 aliphatic carbocycles. The van der Waals surface area contributed by atoms with Crippen molar-refractivity contribution < 1.29 is 4.39 Å². The minimum absolute atomic E-state index is 0.0262. The van der Waals surface area contributed by atoms with Gasteiger partial charge in [0, 0.05) is 23.5 Å². The lowest BCUT2D eigenvalue weighted by Crippen LogP contribution is -2.48. The van der Waals surface area contributed by atoms with Crippen LogP contribution in [0.1, 0.15) is 37.9 Å². The summed E-state index contributed by atoms with van der Waals surface area (Å²) in [4.78, 5) is 21.9. The summed E-state index contributed by atoms with van der Waals surface area (Å²) in [5.41, 5.74) is 2.40. The number of halogens is 1. The molecular weight excluding hydrogens is 319 g/mol. The minimum atomic E-state index is -0.272. The van der Waals surface area contributed by atoms with Gasteiger partial charge in [0.2, 0.25) is 5.95 Å². The highest BCUT2D eigenvalue weighted by Gasteiger charge is 2.27. The maximum absolute atomic E-state index is 13.3. The molecule has 0 fully saturated rings. The summed E-state index contributed by atoms with van der Waals surface area (Å²) in [5, 5.41) is 0. The van der Waals surface area contributed by atoms with Gasteiger partial charge in [-0.2, -0.15) is 0 Å². The summed E-state index contributed by atoms with van der Waals surface area (Å²) in [6.45, 7) is 8.12. The Hall–Kier alpha value is -2.21. The van der Waals surface area contributed by atoms with Crippen molar-refractivity contribution in [1.29, 1.82) is 0 Å². The topological polar surface area (TPSA) is 41.4 Å². The summed E-state index contributed by atoms with van der Waals surface area (Å²) in [7, 11) is 0. The molecule has 134 valence electrons. The van der Waals surface area contributed by atoms with Gasteiger partial charge in [-0.05, 0) is 44.0 Å². The Morgan fingerprint density at radius 1 is 1.16 bits per heavy atom. The number of anilines is 2. The third kappa shape index (κ3) is 3.44. The second-order valence-electron chi connectivity index (χ2n) is 6.50. The minimum Gasteiger partial charge on any atom is -0.298 e. The first kappa shape index (κ1) is 17.6. The number of fused-ring (bicyclic) bond motifs is 1. The molecule has 0 unspecified atom stereocenters. The van der Waals surface area contributed by atoms with Crippen molar-refractivity contribution >= 4 is 11.6 Å². The van der Waals surface area contributed by atoms with Gasteiger partial charge in [-0.25, -0.2) is 9.37 Å². The van der Waals surface area contributed by atoms with Crippen molar-refractivity contribution in [1.82, 2.24) is 14.5 Å². The average Bonchev–Trinajstić information content (AvgIpc) is 2.61. The molecule has 5 nitrogen and oxygen atoms in total. The van der Waals surface area contributed by atoms with Gasteiger partial charge < -0.3 is 0 Å². The fourth-order valence-corrected chi connectivity index (χ4v) is 3.28. The molecule has 0 saturated carbocycles. The summed E-state index contributed by atoms with van der Waals surface area (Å²) in [6.07, 6.45) is 2.84. The highest BCUT2D eigenvalue weighted by Crippen LogP contribution is 2.28. The second-order valence-corrected chi connectivity index (χ2v) is 6.50. The van der Waals surface area contributed by atoms with Crippen molar-refractivity contribution in [3.05, 3.63) is 51.7 Å². The molecule has 0 bridgehead atoms. The first-order chi connectivity index (χ1) is 12.0. The molecule has 0 spiro atoms. The molecule has 2 aromatic rings. The van der Waals surface area contributed by atoms with E-state index in [1.54, 1.807) is 16.7 Å². The molecule has 0 radical (unpaired) electrons. The van der Waals surface area contributed by atoms with E-state index >= 15 is 0 Å². The maximum Gasteiger partial charge on any atom is 0.259 e. The van der Waals surface area contributed by atoms with Gasteiger partial charge in [0.05, 0.1) is 13.3 Å². The Labute approximate surface area is 147 Å². The molecule has 6 heteroatoms. The number of aromatic nitrogens is 2. The van der Waals surface area contributed by atoms with Crippen LogP contribution in [0.3, 0.4) is 0 Å². The van der Waals surface area contributed by atoms with E-state index in [1.165, 1.54) is 12.1 Å². The zero-order chi connectivity index (χ0) is 18.0. The summed E-state index contributed by atoms with van der Waals surface area (Å²) < 4.78 is 15.1. The van der Waals surface area contributed by atoms with Crippen molar-refractivity contribution in [3.63, 3.8) is 0 Å². The van der Waals surface area contributed by atoms with Gasteiger partial charge in [0.1, 0.15) is 5.82 Å². The van der Waals surface area contributed by atoms with Crippen molar-refractivity contribution in [2.45, 2.75) is 46.7 Å². The molecule has 3 rings (SSSR count). The first-order valence-electron chi connectivity index (χ1n) is 8.91. The van der Waals surface area contributed by atoms with Crippen LogP contribution in [0.25, 0.3) is 0 Å². The van der Waals surface area contributed by atoms with Crippen LogP contribution in [0.5, 0.6) is 0 Å². The fourth-order valence-electron chi connectivity index (χ4n) is 3.28. The number of hydrogen-bond acceptors (Lipinski definition) is 4. The number of benzene rings is 1. The molecule has 0 atom stereocenters. The van der Waals surface area contributed by atoms with Crippen molar-refractivity contribution in [3.8, 4) is 0 Å². The van der Waals surface area contributed by atoms with Crippen molar-refractivity contribution in [2.24, 2.45) is 0 Å². The SMILES string of the molecule is CCCCN1CN(c2ccc(F)cc2)c2nc(C)c(CC)c(=O)n2C1. The van der Waals surface area contributed by atoms with E-state index in [0.29, 0.717) is 25.7 Å². The summed E-state index contributed by atoms with van der Waals surface area (Å²) in [5.74, 6) is 0.366. The second kappa shape index (κ2) is 7.35. The first-order valence-corrected chi connectivity index (χ1v) is 8.91. The molecule has 1 aromatic carbocycles. The van der Waals surface area contributed by atoms with Gasteiger partial charge in [-0.3, -0.25) is 19.2 Å². The lowest BCUT2D eigenvalue weighted by Gasteiger charge is -2.38. The van der Waals surface area contributed by atoms with E-state index in [0.717, 1.165) is 36.3 Å². The van der Waals surface area contributed by atoms with Gasteiger partial charge in [-0.15, -0.1) is 0 Å². The van der Waals surface area contributed by atoms with Crippen LogP contribution in [0.4, 0.5) is 16.0 Å². The number of hydrogen-bond donors (Lipinski definition) is 0. The van der Waals surface area contributed by atoms with Crippen LogP contribution >= 0.6 is 0 Å². The van der Waals surface area contributed by atoms with Crippen molar-refractivity contribution in [2.75, 3.05) is 18.1 Å².